The fourth-order valence-electron chi connectivity index (χ4n) is 4.00. The second-order valence-corrected chi connectivity index (χ2v) is 7.87. The lowest BCUT2D eigenvalue weighted by Gasteiger charge is -2.34. The number of likely N-dealkylation sites (tertiary alicyclic amines) is 1. The lowest BCUT2D eigenvalue weighted by atomic mass is 9.95. The zero-order chi connectivity index (χ0) is 21.7. The van der Waals surface area contributed by atoms with E-state index in [-0.39, 0.29) is 5.92 Å². The molecule has 0 aromatic heterocycles. The quantitative estimate of drug-likeness (QED) is 0.615. The fourth-order valence-corrected chi connectivity index (χ4v) is 4.00. The Balaban J connectivity index is 1.45. The van der Waals surface area contributed by atoms with E-state index in [4.69, 9.17) is 0 Å². The van der Waals surface area contributed by atoms with Crippen molar-refractivity contribution in [2.45, 2.75) is 37.9 Å². The van der Waals surface area contributed by atoms with E-state index in [9.17, 15) is 29.5 Å². The van der Waals surface area contributed by atoms with E-state index in [1.807, 2.05) is 11.0 Å². The maximum atomic E-state index is 13.3. The molecule has 0 spiro atoms. The summed E-state index contributed by atoms with van der Waals surface area (Å²) in [5.41, 5.74) is 0.988. The van der Waals surface area contributed by atoms with Crippen LogP contribution in [0, 0.1) is 23.1 Å². The van der Waals surface area contributed by atoms with Crippen molar-refractivity contribution < 1.29 is 24.2 Å². The number of halogens is 1. The number of carbonyl (C=O) groups excluding carboxylic acids is 2. The normalized spacial score (nSPS) is 19.3. The highest BCUT2D eigenvalue weighted by Crippen LogP contribution is 2.26. The summed E-state index contributed by atoms with van der Waals surface area (Å²) in [6, 6.07) is 6.17. The molecule has 2 atom stereocenters. The molecule has 8 nitrogen and oxygen atoms in total. The van der Waals surface area contributed by atoms with Gasteiger partial charge in [0.05, 0.1) is 11.3 Å². The topological polar surface area (TPSA) is 117 Å². The van der Waals surface area contributed by atoms with E-state index < -0.39 is 29.8 Å². The molecule has 0 radical (unpaired) electrons. The van der Waals surface area contributed by atoms with Crippen LogP contribution in [0.5, 0.6) is 0 Å². The van der Waals surface area contributed by atoms with Gasteiger partial charge in [0.25, 0.3) is 11.8 Å². The van der Waals surface area contributed by atoms with E-state index in [2.05, 4.69) is 5.32 Å². The molecule has 0 bridgehead atoms. The van der Waals surface area contributed by atoms with Gasteiger partial charge in [0.1, 0.15) is 11.9 Å². The predicted molar refractivity (Wildman–Crippen MR) is 107 cm³/mol. The van der Waals surface area contributed by atoms with Crippen molar-refractivity contribution in [2.75, 3.05) is 37.6 Å². The second-order valence-electron chi connectivity index (χ2n) is 7.87. The second kappa shape index (κ2) is 9.87. The van der Waals surface area contributed by atoms with Gasteiger partial charge in [0.15, 0.2) is 12.2 Å². The number of rotatable bonds is 6. The van der Waals surface area contributed by atoms with Crippen molar-refractivity contribution in [3.05, 3.63) is 29.6 Å². The molecule has 1 aromatic carbocycles. The highest BCUT2D eigenvalue weighted by Gasteiger charge is 2.34. The molecule has 2 amide bonds. The minimum absolute atomic E-state index is 0.162. The van der Waals surface area contributed by atoms with Crippen molar-refractivity contribution in [3.63, 3.8) is 0 Å². The maximum absolute atomic E-state index is 13.3. The summed E-state index contributed by atoms with van der Waals surface area (Å²) < 4.78 is 13.3. The highest BCUT2D eigenvalue weighted by molar-refractivity contribution is 5.90. The third kappa shape index (κ3) is 5.07. The Morgan fingerprint density at radius 2 is 1.83 bits per heavy atom. The molecule has 2 heterocycles. The first-order valence-corrected chi connectivity index (χ1v) is 10.3. The number of carbonyl (C=O) groups is 2. The lowest BCUT2D eigenvalue weighted by Crippen LogP contribution is -2.51. The average Bonchev–Trinajstić information content (AvgIpc) is 3.31. The third-order valence-electron chi connectivity index (χ3n) is 5.84. The number of aliphatic hydroxyl groups is 2. The van der Waals surface area contributed by atoms with Gasteiger partial charge >= 0.3 is 0 Å². The Hall–Kier alpha value is -2.70. The van der Waals surface area contributed by atoms with Crippen molar-refractivity contribution in [1.29, 1.82) is 5.26 Å². The van der Waals surface area contributed by atoms with Crippen molar-refractivity contribution in [1.82, 2.24) is 10.2 Å². The van der Waals surface area contributed by atoms with Gasteiger partial charge in [-0.25, -0.2) is 4.39 Å². The number of aliphatic hydroxyl groups excluding tert-OH is 2. The van der Waals surface area contributed by atoms with E-state index in [0.717, 1.165) is 25.7 Å². The molecule has 3 rings (SSSR count). The minimum atomic E-state index is -1.80. The van der Waals surface area contributed by atoms with Crippen LogP contribution in [0.25, 0.3) is 0 Å². The third-order valence-corrected chi connectivity index (χ3v) is 5.84. The number of anilines is 1. The van der Waals surface area contributed by atoms with Crippen molar-refractivity contribution in [3.8, 4) is 6.07 Å². The Labute approximate surface area is 174 Å². The number of piperidine rings is 1. The number of amides is 2. The van der Waals surface area contributed by atoms with Crippen LogP contribution in [-0.4, -0.2) is 71.9 Å². The van der Waals surface area contributed by atoms with Crippen LogP contribution in [0.1, 0.15) is 31.2 Å². The summed E-state index contributed by atoms with van der Waals surface area (Å²) >= 11 is 0. The molecule has 162 valence electrons. The van der Waals surface area contributed by atoms with E-state index in [1.54, 1.807) is 6.07 Å². The SMILES string of the molecule is N#Cc1cc(F)ccc1N1CCC(CNC(=O)C(O)[C@@H](O)C(=O)N2CCCC2)CC1. The summed E-state index contributed by atoms with van der Waals surface area (Å²) in [6.45, 7) is 2.69. The Morgan fingerprint density at radius 3 is 2.47 bits per heavy atom. The van der Waals surface area contributed by atoms with Crippen LogP contribution in [0.15, 0.2) is 18.2 Å². The smallest absolute Gasteiger partial charge is 0.254 e. The van der Waals surface area contributed by atoms with E-state index in [1.165, 1.54) is 17.0 Å². The largest absolute Gasteiger partial charge is 0.380 e. The lowest BCUT2D eigenvalue weighted by molar-refractivity contribution is -0.152. The molecule has 2 fully saturated rings. The van der Waals surface area contributed by atoms with Crippen LogP contribution in [0.3, 0.4) is 0 Å². The fraction of sp³-hybridized carbons (Fsp3) is 0.571. The zero-order valence-corrected chi connectivity index (χ0v) is 16.8. The number of hydrogen-bond donors (Lipinski definition) is 3. The molecule has 3 N–H and O–H groups in total. The Morgan fingerprint density at radius 1 is 1.17 bits per heavy atom. The van der Waals surface area contributed by atoms with Gasteiger partial charge in [-0.1, -0.05) is 0 Å². The van der Waals surface area contributed by atoms with Crippen molar-refractivity contribution in [2.24, 2.45) is 5.92 Å². The zero-order valence-electron chi connectivity index (χ0n) is 16.8. The highest BCUT2D eigenvalue weighted by atomic mass is 19.1. The molecule has 2 aliphatic heterocycles. The van der Waals surface area contributed by atoms with Gasteiger partial charge in [-0.3, -0.25) is 9.59 Å². The van der Waals surface area contributed by atoms with Crippen LogP contribution in [0.2, 0.25) is 0 Å². The first-order valence-electron chi connectivity index (χ1n) is 10.3. The molecule has 30 heavy (non-hydrogen) atoms. The molecule has 1 aromatic rings. The molecular formula is C21H27FN4O4. The average molecular weight is 418 g/mol. The van der Waals surface area contributed by atoms with Crippen molar-refractivity contribution >= 4 is 17.5 Å². The molecular weight excluding hydrogens is 391 g/mol. The molecule has 9 heteroatoms. The summed E-state index contributed by atoms with van der Waals surface area (Å²) in [5.74, 6) is -1.66. The summed E-state index contributed by atoms with van der Waals surface area (Å²) in [4.78, 5) is 27.8. The number of nitrogens with one attached hydrogen (secondary N) is 1. The van der Waals surface area contributed by atoms with Crippen LogP contribution < -0.4 is 10.2 Å². The Bertz CT molecular complexity index is 814. The first-order chi connectivity index (χ1) is 14.4. The minimum Gasteiger partial charge on any atom is -0.380 e. The summed E-state index contributed by atoms with van der Waals surface area (Å²) in [7, 11) is 0. The van der Waals surface area contributed by atoms with Crippen LogP contribution in [0.4, 0.5) is 10.1 Å². The first kappa shape index (κ1) is 22.0. The van der Waals surface area contributed by atoms with E-state index in [0.29, 0.717) is 44.0 Å². The van der Waals surface area contributed by atoms with Crippen LogP contribution >= 0.6 is 0 Å². The molecule has 2 aliphatic rings. The summed E-state index contributed by atoms with van der Waals surface area (Å²) in [5, 5.41) is 31.9. The maximum Gasteiger partial charge on any atom is 0.254 e. The predicted octanol–water partition coefficient (Wildman–Crippen LogP) is 0.374. The number of nitriles is 1. The standard InChI is InChI=1S/C21H27FN4O4/c22-16-3-4-17(15(11-16)12-23)25-9-5-14(6-10-25)13-24-20(29)18(27)19(28)21(30)26-7-1-2-8-26/h3-4,11,14,18-19,27-28H,1-2,5-10,13H2,(H,24,29)/t18?,19-/m1/s1. The van der Waals surface area contributed by atoms with Gasteiger partial charge in [-0.05, 0) is 49.8 Å². The number of hydrogen-bond acceptors (Lipinski definition) is 6. The van der Waals surface area contributed by atoms with Gasteiger partial charge in [-0.2, -0.15) is 5.26 Å². The summed E-state index contributed by atoms with van der Waals surface area (Å²) in [6.07, 6.45) is -0.356. The van der Waals surface area contributed by atoms with Gasteiger partial charge in [0.2, 0.25) is 0 Å². The van der Waals surface area contributed by atoms with Gasteiger partial charge in [-0.15, -0.1) is 0 Å². The van der Waals surface area contributed by atoms with Gasteiger partial charge < -0.3 is 25.3 Å². The molecule has 0 saturated carbocycles. The molecule has 0 aliphatic carbocycles. The molecule has 1 unspecified atom stereocenters. The monoisotopic (exact) mass is 418 g/mol. The van der Waals surface area contributed by atoms with E-state index >= 15 is 0 Å². The Kier molecular flexibility index (Phi) is 7.24. The number of nitrogens with zero attached hydrogens (tertiary/aromatic N) is 3. The number of benzene rings is 1. The van der Waals surface area contributed by atoms with Crippen LogP contribution in [-0.2, 0) is 9.59 Å². The van der Waals surface area contributed by atoms with Gasteiger partial charge in [0, 0.05) is 32.7 Å². The molecule has 2 saturated heterocycles.